The fourth-order valence-electron chi connectivity index (χ4n) is 10.2. The Morgan fingerprint density at radius 3 is 2.15 bits per heavy atom. The second kappa shape index (κ2) is 15.1. The Labute approximate surface area is 323 Å². The molecule has 0 amide bonds. The van der Waals surface area contributed by atoms with E-state index in [2.05, 4.69) is 37.4 Å². The van der Waals surface area contributed by atoms with Crippen molar-refractivity contribution in [2.24, 2.45) is 21.9 Å². The van der Waals surface area contributed by atoms with Gasteiger partial charge in [0.05, 0.1) is 26.4 Å². The van der Waals surface area contributed by atoms with E-state index >= 15 is 0 Å². The molecule has 13 heteroatoms. The average Bonchev–Trinajstić information content (AvgIpc) is 3.83. The lowest BCUT2D eigenvalue weighted by molar-refractivity contribution is -0.316. The standard InChI is InChI=1S/C42H55N3O10/c1-7-20-48-31-28(24-47-22-25-14-10-8-11-15-25)50-38(29(44-45-43)32(31)49-23-26-16-12-9-13-17-26)51-33-30(46)34-36(37-35(33)52-40(4,5)53-37)55-42(54-34)21-27-18-19-41(42,6)39(27,2)3/h7-17,27-38,46H,1,18-24H2,2-6H3/t27-,28-,29-,30+,31-,32-,33+,34+,35-,36+,37+,38-,41-,42?/m1/s1. The quantitative estimate of drug-likeness (QED) is 0.106. The van der Waals surface area contributed by atoms with Gasteiger partial charge in [0.15, 0.2) is 17.9 Å². The summed E-state index contributed by atoms with van der Waals surface area (Å²) in [6.45, 7) is 15.2. The lowest BCUT2D eigenvalue weighted by Gasteiger charge is -2.47. The summed E-state index contributed by atoms with van der Waals surface area (Å²) in [5.41, 5.74) is 11.6. The highest BCUT2D eigenvalue weighted by Crippen LogP contribution is 2.73. The first-order valence-corrected chi connectivity index (χ1v) is 19.6. The zero-order chi connectivity index (χ0) is 38.6. The number of aliphatic hydroxyl groups is 1. The second-order valence-corrected chi connectivity index (χ2v) is 17.2. The van der Waals surface area contributed by atoms with Crippen molar-refractivity contribution in [3.05, 3.63) is 94.9 Å². The van der Waals surface area contributed by atoms with E-state index in [-0.39, 0.29) is 30.7 Å². The van der Waals surface area contributed by atoms with E-state index in [1.54, 1.807) is 6.08 Å². The van der Waals surface area contributed by atoms with Gasteiger partial charge in [-0.2, -0.15) is 0 Å². The van der Waals surface area contributed by atoms with Crippen LogP contribution < -0.4 is 0 Å². The molecule has 0 aromatic heterocycles. The molecule has 2 aromatic rings. The van der Waals surface area contributed by atoms with Crippen molar-refractivity contribution < 1.29 is 47.7 Å². The molecule has 298 valence electrons. The molecule has 13 nitrogen and oxygen atoms in total. The Hall–Kier alpha value is -2.91. The van der Waals surface area contributed by atoms with Crippen LogP contribution in [0.2, 0.25) is 0 Å². The number of aliphatic hydroxyl groups excluding tert-OH is 1. The maximum atomic E-state index is 12.3. The Bertz CT molecular complexity index is 1710. The van der Waals surface area contributed by atoms with Crippen LogP contribution in [0.15, 0.2) is 78.4 Å². The zero-order valence-electron chi connectivity index (χ0n) is 32.4. The van der Waals surface area contributed by atoms with Crippen LogP contribution in [0.25, 0.3) is 10.4 Å². The van der Waals surface area contributed by atoms with Crippen molar-refractivity contribution in [3.63, 3.8) is 0 Å². The molecule has 8 rings (SSSR count). The number of rotatable bonds is 13. The van der Waals surface area contributed by atoms with E-state index in [4.69, 9.17) is 42.6 Å². The van der Waals surface area contributed by atoms with E-state index in [1.807, 2.05) is 74.5 Å². The zero-order valence-corrected chi connectivity index (χ0v) is 32.4. The third kappa shape index (κ3) is 6.85. The maximum absolute atomic E-state index is 12.3. The average molecular weight is 762 g/mol. The number of azide groups is 1. The molecule has 6 aliphatic rings. The fourth-order valence-corrected chi connectivity index (χ4v) is 10.2. The first-order valence-electron chi connectivity index (χ1n) is 19.6. The van der Waals surface area contributed by atoms with Crippen molar-refractivity contribution in [2.75, 3.05) is 13.2 Å². The van der Waals surface area contributed by atoms with Crippen LogP contribution in [0.4, 0.5) is 0 Å². The maximum Gasteiger partial charge on any atom is 0.175 e. The predicted molar refractivity (Wildman–Crippen MR) is 199 cm³/mol. The van der Waals surface area contributed by atoms with Crippen LogP contribution in [-0.4, -0.2) is 97.2 Å². The summed E-state index contributed by atoms with van der Waals surface area (Å²) >= 11 is 0. The monoisotopic (exact) mass is 761 g/mol. The molecule has 0 radical (unpaired) electrons. The number of nitrogens with zero attached hydrogens (tertiary/aromatic N) is 3. The van der Waals surface area contributed by atoms with Gasteiger partial charge in [-0.1, -0.05) is 92.6 Å². The van der Waals surface area contributed by atoms with Gasteiger partial charge in [-0.05, 0) is 54.7 Å². The van der Waals surface area contributed by atoms with E-state index in [0.717, 1.165) is 30.4 Å². The summed E-state index contributed by atoms with van der Waals surface area (Å²) < 4.78 is 59.7. The molecule has 55 heavy (non-hydrogen) atoms. The van der Waals surface area contributed by atoms with Gasteiger partial charge >= 0.3 is 0 Å². The van der Waals surface area contributed by atoms with Crippen LogP contribution >= 0.6 is 0 Å². The third-order valence-electron chi connectivity index (χ3n) is 13.4. The topological polar surface area (TPSA) is 152 Å². The molecule has 3 saturated heterocycles. The van der Waals surface area contributed by atoms with Crippen LogP contribution in [0.3, 0.4) is 0 Å². The van der Waals surface area contributed by atoms with Crippen LogP contribution in [0.1, 0.15) is 65.0 Å². The highest BCUT2D eigenvalue weighted by Gasteiger charge is 2.76. The van der Waals surface area contributed by atoms with Gasteiger partial charge in [-0.3, -0.25) is 0 Å². The molecule has 1 N–H and O–H groups in total. The number of hydrogen-bond donors (Lipinski definition) is 1. The van der Waals surface area contributed by atoms with Gasteiger partial charge in [-0.25, -0.2) is 0 Å². The molecule has 3 heterocycles. The minimum atomic E-state index is -1.20. The normalized spacial score (nSPS) is 42.1. The minimum Gasteiger partial charge on any atom is -0.387 e. The first-order chi connectivity index (χ1) is 26.4. The summed E-state index contributed by atoms with van der Waals surface area (Å²) in [7, 11) is 0. The molecular weight excluding hydrogens is 706 g/mol. The minimum absolute atomic E-state index is 0.0118. The van der Waals surface area contributed by atoms with Crippen molar-refractivity contribution in [3.8, 4) is 0 Å². The van der Waals surface area contributed by atoms with Gasteiger partial charge in [0.1, 0.15) is 61.0 Å². The van der Waals surface area contributed by atoms with Gasteiger partial charge in [0, 0.05) is 16.7 Å². The van der Waals surface area contributed by atoms with E-state index in [9.17, 15) is 10.6 Å². The second-order valence-electron chi connectivity index (χ2n) is 17.2. The lowest BCUT2D eigenvalue weighted by Crippen LogP contribution is -2.66. The highest BCUT2D eigenvalue weighted by molar-refractivity contribution is 5.20. The number of hydrogen-bond acceptors (Lipinski definition) is 11. The van der Waals surface area contributed by atoms with Crippen LogP contribution in [-0.2, 0) is 55.8 Å². The molecule has 3 saturated carbocycles. The van der Waals surface area contributed by atoms with Crippen molar-refractivity contribution in [1.82, 2.24) is 0 Å². The Morgan fingerprint density at radius 2 is 1.51 bits per heavy atom. The fraction of sp³-hybridized carbons (Fsp3) is 0.667. The van der Waals surface area contributed by atoms with Crippen molar-refractivity contribution in [2.45, 2.75) is 146 Å². The van der Waals surface area contributed by atoms with Crippen molar-refractivity contribution in [1.29, 1.82) is 0 Å². The van der Waals surface area contributed by atoms with Crippen LogP contribution in [0.5, 0.6) is 0 Å². The molecular formula is C42H55N3O10. The van der Waals surface area contributed by atoms with E-state index in [0.29, 0.717) is 12.5 Å². The lowest BCUT2D eigenvalue weighted by atomic mass is 9.68. The molecule has 14 atom stereocenters. The van der Waals surface area contributed by atoms with Gasteiger partial charge in [0.25, 0.3) is 0 Å². The summed E-state index contributed by atoms with van der Waals surface area (Å²) in [5.74, 6) is -1.45. The first kappa shape index (κ1) is 38.9. The Kier molecular flexibility index (Phi) is 10.7. The largest absolute Gasteiger partial charge is 0.387 e. The third-order valence-corrected chi connectivity index (χ3v) is 13.4. The Balaban J connectivity index is 1.10. The molecule has 6 fully saturated rings. The molecule has 1 spiro atoms. The Morgan fingerprint density at radius 1 is 0.855 bits per heavy atom. The number of fused-ring (bicyclic) bond motifs is 6. The van der Waals surface area contributed by atoms with Gasteiger partial charge in [-0.15, -0.1) is 6.58 Å². The summed E-state index contributed by atoms with van der Waals surface area (Å²) in [4.78, 5) is 3.22. The molecule has 2 bridgehead atoms. The summed E-state index contributed by atoms with van der Waals surface area (Å²) in [6.07, 6.45) is -3.99. The highest BCUT2D eigenvalue weighted by atomic mass is 16.8. The van der Waals surface area contributed by atoms with Crippen molar-refractivity contribution >= 4 is 0 Å². The van der Waals surface area contributed by atoms with E-state index < -0.39 is 78.8 Å². The molecule has 2 aromatic carbocycles. The van der Waals surface area contributed by atoms with Gasteiger partial charge in [0.2, 0.25) is 0 Å². The van der Waals surface area contributed by atoms with E-state index in [1.165, 1.54) is 0 Å². The number of benzene rings is 2. The summed E-state index contributed by atoms with van der Waals surface area (Å²) in [6, 6.07) is 18.5. The molecule has 1 unspecified atom stereocenters. The predicted octanol–water partition coefficient (Wildman–Crippen LogP) is 6.37. The SMILES string of the molecule is C=CCO[C@H]1[C@H](OCc2ccccc2)[C@@H](N=[N+]=[N-])[C@@H](O[C@H]2[C@H](O)[C@@H]3OC4(C[C@H]5CC[C@]4(C)C5(C)C)O[C@@H]3[C@H]3OC(C)(C)O[C@@H]32)O[C@@H]1COCc1ccccc1. The summed E-state index contributed by atoms with van der Waals surface area (Å²) in [5, 5.41) is 16.5. The van der Waals surface area contributed by atoms with Gasteiger partial charge < -0.3 is 47.7 Å². The smallest absolute Gasteiger partial charge is 0.175 e. The number of ether oxygens (including phenoxy) is 9. The molecule has 3 aliphatic heterocycles. The van der Waals surface area contributed by atoms with Crippen LogP contribution in [0, 0.1) is 16.7 Å². The molecule has 3 aliphatic carbocycles.